The lowest BCUT2D eigenvalue weighted by atomic mass is 10.1. The monoisotopic (exact) mass is 267 g/mol. The van der Waals surface area contributed by atoms with Gasteiger partial charge < -0.3 is 10.1 Å². The number of halogens is 1. The van der Waals surface area contributed by atoms with Gasteiger partial charge in [0.2, 0.25) is 0 Å². The molecule has 1 aromatic heterocycles. The summed E-state index contributed by atoms with van der Waals surface area (Å²) in [5.41, 5.74) is 2.27. The van der Waals surface area contributed by atoms with Crippen LogP contribution in [0.5, 0.6) is 5.75 Å². The average molecular weight is 268 g/mol. The van der Waals surface area contributed by atoms with E-state index in [1.54, 1.807) is 18.4 Å². The van der Waals surface area contributed by atoms with Crippen molar-refractivity contribution in [2.24, 2.45) is 0 Å². The molecule has 0 spiro atoms. The fourth-order valence-electron chi connectivity index (χ4n) is 1.57. The van der Waals surface area contributed by atoms with Crippen molar-refractivity contribution in [3.8, 4) is 5.75 Å². The first kappa shape index (κ1) is 12.3. The van der Waals surface area contributed by atoms with Gasteiger partial charge in [0.05, 0.1) is 11.4 Å². The minimum atomic E-state index is 0.243. The van der Waals surface area contributed by atoms with Crippen LogP contribution in [0.3, 0.4) is 0 Å². The number of thiophene rings is 1. The summed E-state index contributed by atoms with van der Waals surface area (Å²) < 4.78 is 5.94. The van der Waals surface area contributed by atoms with E-state index < -0.39 is 0 Å². The van der Waals surface area contributed by atoms with Crippen LogP contribution in [0.25, 0.3) is 0 Å². The van der Waals surface area contributed by atoms with Gasteiger partial charge in [-0.2, -0.15) is 0 Å². The molecule has 0 aliphatic heterocycles. The Morgan fingerprint density at radius 3 is 2.53 bits per heavy atom. The number of hydrogen-bond donors (Lipinski definition) is 1. The third kappa shape index (κ3) is 3.14. The Labute approximate surface area is 110 Å². The van der Waals surface area contributed by atoms with Gasteiger partial charge in [0.15, 0.2) is 0 Å². The van der Waals surface area contributed by atoms with E-state index in [1.165, 1.54) is 5.56 Å². The molecule has 0 saturated heterocycles. The summed E-state index contributed by atoms with van der Waals surface area (Å²) in [6.07, 6.45) is 0. The highest BCUT2D eigenvalue weighted by molar-refractivity contribution is 7.14. The first-order chi connectivity index (χ1) is 8.19. The van der Waals surface area contributed by atoms with Gasteiger partial charge in [-0.15, -0.1) is 11.3 Å². The van der Waals surface area contributed by atoms with Crippen LogP contribution < -0.4 is 10.1 Å². The molecule has 2 aromatic rings. The first-order valence-corrected chi connectivity index (χ1v) is 6.59. The van der Waals surface area contributed by atoms with Crippen molar-refractivity contribution in [3.63, 3.8) is 0 Å². The summed E-state index contributed by atoms with van der Waals surface area (Å²) in [6.45, 7) is 2.11. The molecule has 17 heavy (non-hydrogen) atoms. The molecule has 2 rings (SSSR count). The van der Waals surface area contributed by atoms with E-state index >= 15 is 0 Å². The minimum Gasteiger partial charge on any atom is -0.497 e. The molecule has 0 saturated carbocycles. The third-order valence-electron chi connectivity index (χ3n) is 2.56. The summed E-state index contributed by atoms with van der Waals surface area (Å²) in [6, 6.07) is 10.1. The number of ether oxygens (including phenoxy) is 1. The Bertz CT molecular complexity index is 480. The van der Waals surface area contributed by atoms with Gasteiger partial charge in [-0.1, -0.05) is 11.6 Å². The molecule has 4 heteroatoms. The molecule has 0 fully saturated rings. The molecular formula is C13H14ClNOS. The molecule has 0 amide bonds. The average Bonchev–Trinajstić information content (AvgIpc) is 2.77. The van der Waals surface area contributed by atoms with E-state index in [9.17, 15) is 0 Å². The molecule has 90 valence electrons. The van der Waals surface area contributed by atoms with Gasteiger partial charge in [-0.25, -0.2) is 0 Å². The molecular weight excluding hydrogens is 254 g/mol. The molecule has 0 bridgehead atoms. The molecule has 0 aliphatic rings. The SMILES string of the molecule is COc1ccc(NC(C)c2csc(Cl)c2)cc1. The van der Waals surface area contributed by atoms with Gasteiger partial charge in [0.1, 0.15) is 5.75 Å². The lowest BCUT2D eigenvalue weighted by Crippen LogP contribution is -2.05. The van der Waals surface area contributed by atoms with Crippen LogP contribution in [0.15, 0.2) is 35.7 Å². The summed E-state index contributed by atoms with van der Waals surface area (Å²) in [4.78, 5) is 0. The number of nitrogens with one attached hydrogen (secondary N) is 1. The minimum absolute atomic E-state index is 0.243. The summed E-state index contributed by atoms with van der Waals surface area (Å²) in [5.74, 6) is 0.863. The van der Waals surface area contributed by atoms with E-state index in [2.05, 4.69) is 17.6 Å². The number of hydrogen-bond acceptors (Lipinski definition) is 3. The van der Waals surface area contributed by atoms with Gasteiger partial charge >= 0.3 is 0 Å². The number of rotatable bonds is 4. The van der Waals surface area contributed by atoms with Crippen molar-refractivity contribution in [2.75, 3.05) is 12.4 Å². The maximum absolute atomic E-state index is 5.92. The topological polar surface area (TPSA) is 21.3 Å². The maximum atomic E-state index is 5.92. The van der Waals surface area contributed by atoms with Crippen molar-refractivity contribution in [2.45, 2.75) is 13.0 Å². The Morgan fingerprint density at radius 2 is 2.00 bits per heavy atom. The van der Waals surface area contributed by atoms with Crippen molar-refractivity contribution >= 4 is 28.6 Å². The van der Waals surface area contributed by atoms with Crippen LogP contribution in [-0.2, 0) is 0 Å². The fraction of sp³-hybridized carbons (Fsp3) is 0.231. The molecule has 2 nitrogen and oxygen atoms in total. The van der Waals surface area contributed by atoms with E-state index in [-0.39, 0.29) is 6.04 Å². The van der Waals surface area contributed by atoms with E-state index in [4.69, 9.17) is 16.3 Å². The summed E-state index contributed by atoms with van der Waals surface area (Å²) >= 11 is 7.48. The molecule has 1 unspecified atom stereocenters. The smallest absolute Gasteiger partial charge is 0.119 e. The van der Waals surface area contributed by atoms with Gasteiger partial charge in [0.25, 0.3) is 0 Å². The van der Waals surface area contributed by atoms with Gasteiger partial charge in [-0.05, 0) is 48.2 Å². The molecule has 1 atom stereocenters. The molecule has 0 aliphatic carbocycles. The predicted octanol–water partition coefficient (Wildman–Crippen LogP) is 4.58. The zero-order valence-electron chi connectivity index (χ0n) is 9.74. The third-order valence-corrected chi connectivity index (χ3v) is 3.67. The Balaban J connectivity index is 2.04. The summed E-state index contributed by atoms with van der Waals surface area (Å²) in [5, 5.41) is 5.49. The number of methoxy groups -OCH3 is 1. The molecule has 1 N–H and O–H groups in total. The van der Waals surface area contributed by atoms with Crippen LogP contribution >= 0.6 is 22.9 Å². The van der Waals surface area contributed by atoms with Crippen molar-refractivity contribution in [3.05, 3.63) is 45.6 Å². The first-order valence-electron chi connectivity index (χ1n) is 5.33. The zero-order chi connectivity index (χ0) is 12.3. The molecule has 0 radical (unpaired) electrons. The Hall–Kier alpha value is -1.19. The van der Waals surface area contributed by atoms with Crippen LogP contribution in [0.2, 0.25) is 4.34 Å². The highest BCUT2D eigenvalue weighted by Crippen LogP contribution is 2.27. The second kappa shape index (κ2) is 5.43. The quantitative estimate of drug-likeness (QED) is 0.875. The fourth-order valence-corrected chi connectivity index (χ4v) is 2.56. The van der Waals surface area contributed by atoms with Crippen molar-refractivity contribution in [1.82, 2.24) is 0 Å². The Kier molecular flexibility index (Phi) is 3.92. The van der Waals surface area contributed by atoms with Crippen LogP contribution in [0, 0.1) is 0 Å². The second-order valence-corrected chi connectivity index (χ2v) is 5.32. The normalized spacial score (nSPS) is 12.2. The van der Waals surface area contributed by atoms with Crippen LogP contribution in [0.4, 0.5) is 5.69 Å². The van der Waals surface area contributed by atoms with Crippen molar-refractivity contribution < 1.29 is 4.74 Å². The largest absolute Gasteiger partial charge is 0.497 e. The van der Waals surface area contributed by atoms with Gasteiger partial charge in [-0.3, -0.25) is 0 Å². The lowest BCUT2D eigenvalue weighted by molar-refractivity contribution is 0.415. The second-order valence-electron chi connectivity index (χ2n) is 3.78. The van der Waals surface area contributed by atoms with E-state index in [1.807, 2.05) is 30.3 Å². The predicted molar refractivity (Wildman–Crippen MR) is 74.4 cm³/mol. The molecule has 1 heterocycles. The standard InChI is InChI=1S/C13H14ClNOS/c1-9(10-7-13(14)17-8-10)15-11-3-5-12(16-2)6-4-11/h3-9,15H,1-2H3. The zero-order valence-corrected chi connectivity index (χ0v) is 11.3. The van der Waals surface area contributed by atoms with Gasteiger partial charge in [0, 0.05) is 11.7 Å². The Morgan fingerprint density at radius 1 is 1.29 bits per heavy atom. The maximum Gasteiger partial charge on any atom is 0.119 e. The summed E-state index contributed by atoms with van der Waals surface area (Å²) in [7, 11) is 1.67. The highest BCUT2D eigenvalue weighted by Gasteiger charge is 2.07. The van der Waals surface area contributed by atoms with Crippen LogP contribution in [-0.4, -0.2) is 7.11 Å². The highest BCUT2D eigenvalue weighted by atomic mass is 35.5. The number of anilines is 1. The van der Waals surface area contributed by atoms with Crippen molar-refractivity contribution in [1.29, 1.82) is 0 Å². The van der Waals surface area contributed by atoms with E-state index in [0.29, 0.717) is 0 Å². The van der Waals surface area contributed by atoms with Crippen LogP contribution in [0.1, 0.15) is 18.5 Å². The molecule has 1 aromatic carbocycles. The number of benzene rings is 1. The van der Waals surface area contributed by atoms with E-state index in [0.717, 1.165) is 15.8 Å². The lowest BCUT2D eigenvalue weighted by Gasteiger charge is -2.14.